The van der Waals surface area contributed by atoms with Crippen molar-refractivity contribution in [2.45, 2.75) is 6.42 Å². The van der Waals surface area contributed by atoms with Crippen molar-refractivity contribution in [3.63, 3.8) is 0 Å². The predicted molar refractivity (Wildman–Crippen MR) is 87.8 cm³/mol. The molecule has 1 N–H and O–H groups in total. The van der Waals surface area contributed by atoms with E-state index in [1.165, 1.54) is 40.9 Å². The van der Waals surface area contributed by atoms with E-state index < -0.39 is 11.6 Å². The number of thiazole rings is 1. The molecule has 2 heterocycles. The molecule has 3 nitrogen and oxygen atoms in total. The molecule has 3 rings (SSSR count). The molecule has 0 spiro atoms. The topological polar surface area (TPSA) is 42.0 Å². The molecule has 0 unspecified atom stereocenters. The van der Waals surface area contributed by atoms with E-state index in [4.69, 9.17) is 0 Å². The number of nitrogens with one attached hydrogen (secondary N) is 1. The maximum atomic E-state index is 13.7. The second-order valence-corrected chi connectivity index (χ2v) is 6.53. The van der Waals surface area contributed by atoms with Gasteiger partial charge in [0.15, 0.2) is 0 Å². The van der Waals surface area contributed by atoms with Crippen molar-refractivity contribution in [1.29, 1.82) is 0 Å². The van der Waals surface area contributed by atoms with Crippen molar-refractivity contribution in [1.82, 2.24) is 10.3 Å². The summed E-state index contributed by atoms with van der Waals surface area (Å²) < 4.78 is 27.5. The Morgan fingerprint density at radius 1 is 1.13 bits per heavy atom. The first kappa shape index (κ1) is 15.8. The van der Waals surface area contributed by atoms with E-state index in [9.17, 15) is 13.6 Å². The van der Waals surface area contributed by atoms with Crippen LogP contribution in [0.3, 0.4) is 0 Å². The van der Waals surface area contributed by atoms with Crippen molar-refractivity contribution < 1.29 is 13.6 Å². The quantitative estimate of drug-likeness (QED) is 0.752. The number of halogens is 2. The van der Waals surface area contributed by atoms with Crippen molar-refractivity contribution in [2.75, 3.05) is 6.54 Å². The van der Waals surface area contributed by atoms with Crippen LogP contribution in [0.25, 0.3) is 10.6 Å². The normalized spacial score (nSPS) is 10.7. The fourth-order valence-corrected chi connectivity index (χ4v) is 3.58. The van der Waals surface area contributed by atoms with Crippen LogP contribution in [0.5, 0.6) is 0 Å². The van der Waals surface area contributed by atoms with Crippen LogP contribution in [0, 0.1) is 11.6 Å². The largest absolute Gasteiger partial charge is 0.351 e. The third kappa shape index (κ3) is 3.62. The number of aromatic nitrogens is 1. The van der Waals surface area contributed by atoms with Crippen LogP contribution in [0.2, 0.25) is 0 Å². The minimum atomic E-state index is -0.628. The molecule has 23 heavy (non-hydrogen) atoms. The minimum Gasteiger partial charge on any atom is -0.351 e. The Kier molecular flexibility index (Phi) is 4.78. The number of amides is 1. The van der Waals surface area contributed by atoms with Gasteiger partial charge in [0.05, 0.1) is 16.1 Å². The van der Waals surface area contributed by atoms with Gasteiger partial charge in [0.25, 0.3) is 5.91 Å². The molecule has 0 aliphatic carbocycles. The van der Waals surface area contributed by atoms with Gasteiger partial charge in [0.2, 0.25) is 0 Å². The number of carbonyl (C=O) groups excluding carboxylic acids is 1. The summed E-state index contributed by atoms with van der Waals surface area (Å²) in [6.07, 6.45) is 0.504. The van der Waals surface area contributed by atoms with Crippen molar-refractivity contribution >= 4 is 28.6 Å². The van der Waals surface area contributed by atoms with Gasteiger partial charge in [-0.15, -0.1) is 22.7 Å². The van der Waals surface area contributed by atoms with Crippen LogP contribution in [0.15, 0.2) is 41.1 Å². The van der Waals surface area contributed by atoms with E-state index >= 15 is 0 Å². The minimum absolute atomic E-state index is 0.105. The fourth-order valence-electron chi connectivity index (χ4n) is 2.04. The third-order valence-electron chi connectivity index (χ3n) is 3.14. The second-order valence-electron chi connectivity index (χ2n) is 4.72. The summed E-state index contributed by atoms with van der Waals surface area (Å²) in [6.45, 7) is 0.416. The number of rotatable bonds is 5. The van der Waals surface area contributed by atoms with Crippen LogP contribution < -0.4 is 5.32 Å². The van der Waals surface area contributed by atoms with E-state index in [0.29, 0.717) is 28.5 Å². The van der Waals surface area contributed by atoms with Gasteiger partial charge in [-0.05, 0) is 23.6 Å². The van der Waals surface area contributed by atoms with Crippen molar-refractivity contribution in [2.24, 2.45) is 0 Å². The van der Waals surface area contributed by atoms with Gasteiger partial charge in [-0.25, -0.2) is 13.8 Å². The van der Waals surface area contributed by atoms with Gasteiger partial charge in [-0.3, -0.25) is 4.79 Å². The molecule has 0 atom stereocenters. The number of nitrogens with zero attached hydrogens (tertiary/aromatic N) is 1. The van der Waals surface area contributed by atoms with Crippen LogP contribution in [0.1, 0.15) is 15.4 Å². The monoisotopic (exact) mass is 350 g/mol. The average molecular weight is 350 g/mol. The predicted octanol–water partition coefficient (Wildman–Crippen LogP) is 4.12. The summed E-state index contributed by atoms with van der Waals surface area (Å²) in [6, 6.07) is 7.31. The van der Waals surface area contributed by atoms with Gasteiger partial charge in [-0.1, -0.05) is 12.1 Å². The lowest BCUT2D eigenvalue weighted by Gasteiger charge is -2.02. The SMILES string of the molecule is O=C(NCCc1csc(-c2c(F)cccc2F)n1)c1cccs1. The standard InChI is InChI=1S/C16H12F2N2OS2/c17-11-3-1-4-12(18)14(11)16-20-10(9-23-16)6-7-19-15(21)13-5-2-8-22-13/h1-5,8-9H,6-7H2,(H,19,21). The van der Waals surface area contributed by atoms with Crippen LogP contribution in [-0.2, 0) is 6.42 Å². The van der Waals surface area contributed by atoms with Gasteiger partial charge in [-0.2, -0.15) is 0 Å². The highest BCUT2D eigenvalue weighted by atomic mass is 32.1. The van der Waals surface area contributed by atoms with Gasteiger partial charge in [0, 0.05) is 18.3 Å². The molecule has 0 bridgehead atoms. The Bertz CT molecular complexity index is 795. The van der Waals surface area contributed by atoms with E-state index in [1.54, 1.807) is 11.4 Å². The van der Waals surface area contributed by atoms with Gasteiger partial charge < -0.3 is 5.32 Å². The first-order valence-corrected chi connectivity index (χ1v) is 8.61. The lowest BCUT2D eigenvalue weighted by Crippen LogP contribution is -2.24. The highest BCUT2D eigenvalue weighted by Gasteiger charge is 2.14. The summed E-state index contributed by atoms with van der Waals surface area (Å²) in [7, 11) is 0. The van der Waals surface area contributed by atoms with E-state index in [2.05, 4.69) is 10.3 Å². The molecule has 1 aromatic carbocycles. The lowest BCUT2D eigenvalue weighted by molar-refractivity contribution is 0.0958. The molecule has 2 aromatic heterocycles. The number of hydrogen-bond acceptors (Lipinski definition) is 4. The highest BCUT2D eigenvalue weighted by Crippen LogP contribution is 2.28. The maximum absolute atomic E-state index is 13.7. The van der Waals surface area contributed by atoms with Gasteiger partial charge >= 0.3 is 0 Å². The van der Waals surface area contributed by atoms with E-state index in [0.717, 1.165) is 0 Å². The van der Waals surface area contributed by atoms with Gasteiger partial charge in [0.1, 0.15) is 16.6 Å². The molecule has 0 radical (unpaired) electrons. The Balaban J connectivity index is 1.63. The molecule has 7 heteroatoms. The molecule has 0 aliphatic heterocycles. The Morgan fingerprint density at radius 3 is 2.61 bits per heavy atom. The zero-order valence-corrected chi connectivity index (χ0v) is 13.5. The number of benzene rings is 1. The molecular weight excluding hydrogens is 338 g/mol. The number of carbonyl (C=O) groups is 1. The lowest BCUT2D eigenvalue weighted by atomic mass is 10.2. The molecule has 0 fully saturated rings. The number of hydrogen-bond donors (Lipinski definition) is 1. The fraction of sp³-hybridized carbons (Fsp3) is 0.125. The van der Waals surface area contributed by atoms with Crippen LogP contribution >= 0.6 is 22.7 Å². The Hall–Kier alpha value is -2.12. The maximum Gasteiger partial charge on any atom is 0.261 e. The molecule has 118 valence electrons. The molecule has 3 aromatic rings. The number of thiophene rings is 1. The molecular formula is C16H12F2N2OS2. The summed E-state index contributed by atoms with van der Waals surface area (Å²) in [5.41, 5.74) is 0.588. The smallest absolute Gasteiger partial charge is 0.261 e. The zero-order valence-electron chi connectivity index (χ0n) is 11.9. The summed E-state index contributed by atoms with van der Waals surface area (Å²) in [5.74, 6) is -1.38. The third-order valence-corrected chi connectivity index (χ3v) is 4.92. The van der Waals surface area contributed by atoms with Crippen molar-refractivity contribution in [3.8, 4) is 10.6 Å². The second kappa shape index (κ2) is 6.97. The molecule has 0 saturated carbocycles. The average Bonchev–Trinajstić information content (AvgIpc) is 3.18. The summed E-state index contributed by atoms with van der Waals surface area (Å²) >= 11 is 2.56. The summed E-state index contributed by atoms with van der Waals surface area (Å²) in [5, 5.41) is 6.69. The van der Waals surface area contributed by atoms with E-state index in [1.807, 2.05) is 11.4 Å². The summed E-state index contributed by atoms with van der Waals surface area (Å²) in [4.78, 5) is 16.7. The molecule has 1 amide bonds. The van der Waals surface area contributed by atoms with Crippen molar-refractivity contribution in [3.05, 3.63) is 63.3 Å². The van der Waals surface area contributed by atoms with Crippen LogP contribution in [-0.4, -0.2) is 17.4 Å². The first-order valence-electron chi connectivity index (χ1n) is 6.85. The first-order chi connectivity index (χ1) is 11.1. The Labute approximate surface area is 139 Å². The Morgan fingerprint density at radius 2 is 1.91 bits per heavy atom. The molecule has 0 aliphatic rings. The highest BCUT2D eigenvalue weighted by molar-refractivity contribution is 7.13. The zero-order chi connectivity index (χ0) is 16.2. The molecule has 0 saturated heterocycles. The van der Waals surface area contributed by atoms with Crippen LogP contribution in [0.4, 0.5) is 8.78 Å². The van der Waals surface area contributed by atoms with E-state index in [-0.39, 0.29) is 11.5 Å².